The molecule has 1 saturated heterocycles. The van der Waals surface area contributed by atoms with Gasteiger partial charge in [-0.15, -0.1) is 0 Å². The lowest BCUT2D eigenvalue weighted by molar-refractivity contribution is 0.0951. The molecule has 1 saturated carbocycles. The fraction of sp³-hybridized carbons (Fsp3) is 0.333. The number of hydrogen-bond donors (Lipinski definition) is 3. The van der Waals surface area contributed by atoms with Crippen LogP contribution in [0.4, 0.5) is 10.7 Å². The van der Waals surface area contributed by atoms with Crippen molar-refractivity contribution in [2.75, 3.05) is 18.0 Å². The predicted molar refractivity (Wildman–Crippen MR) is 122 cm³/mol. The van der Waals surface area contributed by atoms with Gasteiger partial charge < -0.3 is 20.6 Å². The van der Waals surface area contributed by atoms with E-state index in [1.807, 2.05) is 48.2 Å². The molecule has 2 aromatic carbocycles. The van der Waals surface area contributed by atoms with Crippen molar-refractivity contribution in [2.24, 2.45) is 0 Å². The van der Waals surface area contributed by atoms with Gasteiger partial charge >= 0.3 is 6.09 Å². The average molecular weight is 431 g/mol. The molecule has 2 heterocycles. The van der Waals surface area contributed by atoms with Crippen molar-refractivity contribution in [1.29, 1.82) is 0 Å². The van der Waals surface area contributed by atoms with Crippen molar-refractivity contribution >= 4 is 28.9 Å². The topological polar surface area (TPSA) is 107 Å². The number of carboxylic acid groups (broad SMARTS) is 1. The SMILES string of the molecule is Cc1ccc(C(=O)NC2CC2)cc1-c1ccc2nc(N3CCC(NC(=O)O)C3)ncc2c1. The summed E-state index contributed by atoms with van der Waals surface area (Å²) in [6.07, 6.45) is 3.65. The summed E-state index contributed by atoms with van der Waals surface area (Å²) in [4.78, 5) is 34.6. The van der Waals surface area contributed by atoms with Gasteiger partial charge in [0.25, 0.3) is 5.91 Å². The summed E-state index contributed by atoms with van der Waals surface area (Å²) in [6, 6.07) is 12.0. The lowest BCUT2D eigenvalue weighted by atomic mass is 9.97. The van der Waals surface area contributed by atoms with Crippen LogP contribution in [0.1, 0.15) is 35.2 Å². The Kier molecular flexibility index (Phi) is 5.13. The maximum Gasteiger partial charge on any atom is 0.404 e. The third-order valence-electron chi connectivity index (χ3n) is 6.09. The Balaban J connectivity index is 1.39. The number of aryl methyl sites for hydroxylation is 1. The van der Waals surface area contributed by atoms with E-state index >= 15 is 0 Å². The minimum absolute atomic E-state index is 0.0242. The normalized spacial score (nSPS) is 18.0. The number of nitrogens with zero attached hydrogens (tertiary/aromatic N) is 3. The van der Waals surface area contributed by atoms with Crippen LogP contribution < -0.4 is 15.5 Å². The van der Waals surface area contributed by atoms with Gasteiger partial charge in [-0.25, -0.2) is 14.8 Å². The predicted octanol–water partition coefficient (Wildman–Crippen LogP) is 3.34. The van der Waals surface area contributed by atoms with Crippen LogP contribution in [0, 0.1) is 6.92 Å². The van der Waals surface area contributed by atoms with E-state index in [0.717, 1.165) is 46.9 Å². The third kappa shape index (κ3) is 4.21. The fourth-order valence-corrected chi connectivity index (χ4v) is 4.15. The molecule has 1 aliphatic carbocycles. The van der Waals surface area contributed by atoms with Crippen LogP contribution >= 0.6 is 0 Å². The molecule has 2 aliphatic rings. The number of carbonyl (C=O) groups excluding carboxylic acids is 1. The summed E-state index contributed by atoms with van der Waals surface area (Å²) in [5.41, 5.74) is 4.62. The summed E-state index contributed by atoms with van der Waals surface area (Å²) in [7, 11) is 0. The molecule has 0 radical (unpaired) electrons. The number of aromatic nitrogens is 2. The fourth-order valence-electron chi connectivity index (χ4n) is 4.15. The van der Waals surface area contributed by atoms with Crippen molar-refractivity contribution in [3.8, 4) is 11.1 Å². The van der Waals surface area contributed by atoms with Crippen LogP contribution in [-0.4, -0.2) is 52.2 Å². The molecule has 8 heteroatoms. The van der Waals surface area contributed by atoms with Crippen molar-refractivity contribution < 1.29 is 14.7 Å². The van der Waals surface area contributed by atoms with Crippen LogP contribution in [0.3, 0.4) is 0 Å². The second-order valence-corrected chi connectivity index (χ2v) is 8.60. The zero-order valence-corrected chi connectivity index (χ0v) is 17.8. The Labute approximate surface area is 185 Å². The largest absolute Gasteiger partial charge is 0.465 e. The number of rotatable bonds is 5. The summed E-state index contributed by atoms with van der Waals surface area (Å²) in [5.74, 6) is 0.582. The molecule has 3 N–H and O–H groups in total. The maximum atomic E-state index is 12.5. The lowest BCUT2D eigenvalue weighted by Crippen LogP contribution is -2.36. The Morgan fingerprint density at radius 1 is 1.06 bits per heavy atom. The molecule has 3 aromatic rings. The maximum absolute atomic E-state index is 12.5. The summed E-state index contributed by atoms with van der Waals surface area (Å²) >= 11 is 0. The Morgan fingerprint density at radius 2 is 1.91 bits per heavy atom. The molecule has 164 valence electrons. The molecule has 2 amide bonds. The molecule has 0 spiro atoms. The highest BCUT2D eigenvalue weighted by atomic mass is 16.4. The molecule has 0 bridgehead atoms. The number of benzene rings is 2. The minimum Gasteiger partial charge on any atom is -0.465 e. The molecular weight excluding hydrogens is 406 g/mol. The first-order chi connectivity index (χ1) is 15.5. The minimum atomic E-state index is -1.01. The van der Waals surface area contributed by atoms with Gasteiger partial charge in [0.2, 0.25) is 5.95 Å². The molecule has 1 unspecified atom stereocenters. The van der Waals surface area contributed by atoms with E-state index < -0.39 is 6.09 Å². The highest BCUT2D eigenvalue weighted by Gasteiger charge is 2.26. The molecule has 5 rings (SSSR count). The van der Waals surface area contributed by atoms with E-state index in [9.17, 15) is 9.59 Å². The number of nitrogens with one attached hydrogen (secondary N) is 2. The van der Waals surface area contributed by atoms with Crippen LogP contribution in [0.15, 0.2) is 42.6 Å². The van der Waals surface area contributed by atoms with Gasteiger partial charge in [0, 0.05) is 36.3 Å². The summed E-state index contributed by atoms with van der Waals surface area (Å²) in [6.45, 7) is 3.31. The zero-order valence-electron chi connectivity index (χ0n) is 17.8. The van der Waals surface area contributed by atoms with Crippen LogP contribution in [0.2, 0.25) is 0 Å². The Bertz CT molecular complexity index is 1210. The number of amides is 2. The smallest absolute Gasteiger partial charge is 0.404 e. The lowest BCUT2D eigenvalue weighted by Gasteiger charge is -2.17. The van der Waals surface area contributed by atoms with E-state index in [2.05, 4.69) is 20.6 Å². The standard InChI is InChI=1S/C24H25N5O3/c1-14-2-3-16(22(30)26-18-5-6-18)11-20(14)15-4-7-21-17(10-15)12-25-23(28-21)29-9-8-19(13-29)27-24(31)32/h2-4,7,10-12,18-19,27H,5-6,8-9,13H2,1H3,(H,26,30)(H,31,32). The number of fused-ring (bicyclic) bond motifs is 1. The first kappa shape index (κ1) is 20.2. The second kappa shape index (κ2) is 8.11. The van der Waals surface area contributed by atoms with E-state index in [0.29, 0.717) is 30.6 Å². The molecular formula is C24H25N5O3. The van der Waals surface area contributed by atoms with Crippen molar-refractivity contribution in [3.05, 3.63) is 53.7 Å². The molecule has 1 atom stereocenters. The van der Waals surface area contributed by atoms with Crippen LogP contribution in [-0.2, 0) is 0 Å². The molecule has 32 heavy (non-hydrogen) atoms. The van der Waals surface area contributed by atoms with Gasteiger partial charge in [-0.3, -0.25) is 4.79 Å². The average Bonchev–Trinajstić information content (AvgIpc) is 3.47. The zero-order chi connectivity index (χ0) is 22.2. The van der Waals surface area contributed by atoms with Gasteiger partial charge in [0.15, 0.2) is 0 Å². The van der Waals surface area contributed by atoms with E-state index in [1.165, 1.54) is 0 Å². The molecule has 1 aromatic heterocycles. The summed E-state index contributed by atoms with van der Waals surface area (Å²) in [5, 5.41) is 15.4. The van der Waals surface area contributed by atoms with Gasteiger partial charge in [-0.1, -0.05) is 12.1 Å². The van der Waals surface area contributed by atoms with Gasteiger partial charge in [0.1, 0.15) is 0 Å². The van der Waals surface area contributed by atoms with Crippen LogP contribution in [0.25, 0.3) is 22.0 Å². The van der Waals surface area contributed by atoms with Gasteiger partial charge in [-0.2, -0.15) is 0 Å². The van der Waals surface area contributed by atoms with Crippen molar-refractivity contribution in [2.45, 2.75) is 38.3 Å². The van der Waals surface area contributed by atoms with Crippen molar-refractivity contribution in [3.63, 3.8) is 0 Å². The second-order valence-electron chi connectivity index (χ2n) is 8.60. The Morgan fingerprint density at radius 3 is 2.69 bits per heavy atom. The monoisotopic (exact) mass is 431 g/mol. The number of hydrogen-bond acceptors (Lipinski definition) is 5. The van der Waals surface area contributed by atoms with Gasteiger partial charge in [0.05, 0.1) is 11.6 Å². The highest BCUT2D eigenvalue weighted by molar-refractivity contribution is 5.96. The van der Waals surface area contributed by atoms with Crippen LogP contribution in [0.5, 0.6) is 0 Å². The number of anilines is 1. The third-order valence-corrected chi connectivity index (χ3v) is 6.09. The van der Waals surface area contributed by atoms with E-state index in [-0.39, 0.29) is 11.9 Å². The highest BCUT2D eigenvalue weighted by Crippen LogP contribution is 2.29. The van der Waals surface area contributed by atoms with Gasteiger partial charge in [-0.05, 0) is 67.1 Å². The molecule has 2 fully saturated rings. The van der Waals surface area contributed by atoms with Crippen molar-refractivity contribution in [1.82, 2.24) is 20.6 Å². The number of carbonyl (C=O) groups is 2. The molecule has 1 aliphatic heterocycles. The first-order valence-corrected chi connectivity index (χ1v) is 10.9. The quantitative estimate of drug-likeness (QED) is 0.572. The first-order valence-electron chi connectivity index (χ1n) is 10.9. The summed E-state index contributed by atoms with van der Waals surface area (Å²) < 4.78 is 0. The Hall–Kier alpha value is -3.68. The van der Waals surface area contributed by atoms with E-state index in [4.69, 9.17) is 5.11 Å². The molecule has 8 nitrogen and oxygen atoms in total. The van der Waals surface area contributed by atoms with E-state index in [1.54, 1.807) is 6.20 Å².